The number of methoxy groups -OCH3 is 1. The standard InChI is InChI=1S/C18H30N2O/c1-16-14-19-18(13-17-9-5-3-6-10-17)15-20(16)11-7-4-8-12-21-2/h3,5-6,9-10,16,18-19H,4,7-8,11-15H2,1-2H3. The second kappa shape index (κ2) is 9.19. The molecule has 0 saturated carbocycles. The number of benzene rings is 1. The number of ether oxygens (including phenoxy) is 1. The number of hydrogen-bond donors (Lipinski definition) is 1. The first kappa shape index (κ1) is 16.5. The molecule has 21 heavy (non-hydrogen) atoms. The van der Waals surface area contributed by atoms with Crippen molar-refractivity contribution in [3.63, 3.8) is 0 Å². The predicted molar refractivity (Wildman–Crippen MR) is 88.7 cm³/mol. The molecule has 1 aliphatic heterocycles. The van der Waals surface area contributed by atoms with Gasteiger partial charge in [-0.1, -0.05) is 30.3 Å². The van der Waals surface area contributed by atoms with Crippen LogP contribution in [0.1, 0.15) is 31.7 Å². The van der Waals surface area contributed by atoms with Gasteiger partial charge in [0.05, 0.1) is 0 Å². The van der Waals surface area contributed by atoms with E-state index in [1.165, 1.54) is 37.9 Å². The molecular formula is C18H30N2O. The van der Waals surface area contributed by atoms with Crippen molar-refractivity contribution in [2.45, 2.75) is 44.7 Å². The van der Waals surface area contributed by atoms with Crippen molar-refractivity contribution in [2.75, 3.05) is 33.4 Å². The lowest BCUT2D eigenvalue weighted by Gasteiger charge is -2.39. The van der Waals surface area contributed by atoms with E-state index in [4.69, 9.17) is 4.74 Å². The third-order valence-corrected chi connectivity index (χ3v) is 4.40. The first-order chi connectivity index (χ1) is 10.3. The van der Waals surface area contributed by atoms with Gasteiger partial charge in [-0.3, -0.25) is 4.90 Å². The van der Waals surface area contributed by atoms with Gasteiger partial charge in [-0.05, 0) is 44.7 Å². The van der Waals surface area contributed by atoms with Gasteiger partial charge in [-0.25, -0.2) is 0 Å². The molecule has 0 bridgehead atoms. The molecule has 1 aliphatic rings. The highest BCUT2D eigenvalue weighted by molar-refractivity contribution is 5.16. The molecule has 3 nitrogen and oxygen atoms in total. The Kier molecular flexibility index (Phi) is 7.20. The second-order valence-corrected chi connectivity index (χ2v) is 6.19. The van der Waals surface area contributed by atoms with E-state index >= 15 is 0 Å². The van der Waals surface area contributed by atoms with Crippen molar-refractivity contribution in [1.82, 2.24) is 10.2 Å². The Bertz CT molecular complexity index is 382. The van der Waals surface area contributed by atoms with Crippen LogP contribution in [-0.4, -0.2) is 50.3 Å². The maximum atomic E-state index is 5.11. The van der Waals surface area contributed by atoms with E-state index in [-0.39, 0.29) is 0 Å². The molecule has 1 heterocycles. The highest BCUT2D eigenvalue weighted by Gasteiger charge is 2.24. The zero-order chi connectivity index (χ0) is 14.9. The lowest BCUT2D eigenvalue weighted by Crippen LogP contribution is -2.56. The van der Waals surface area contributed by atoms with Gasteiger partial charge in [-0.15, -0.1) is 0 Å². The van der Waals surface area contributed by atoms with E-state index in [0.29, 0.717) is 12.1 Å². The lowest BCUT2D eigenvalue weighted by atomic mass is 10.0. The summed E-state index contributed by atoms with van der Waals surface area (Å²) in [4.78, 5) is 2.65. The summed E-state index contributed by atoms with van der Waals surface area (Å²) in [6.07, 6.45) is 4.87. The Morgan fingerprint density at radius 3 is 2.76 bits per heavy atom. The van der Waals surface area contributed by atoms with E-state index in [2.05, 4.69) is 47.5 Å². The molecule has 2 atom stereocenters. The van der Waals surface area contributed by atoms with Crippen LogP contribution >= 0.6 is 0 Å². The summed E-state index contributed by atoms with van der Waals surface area (Å²) in [6.45, 7) is 6.72. The number of piperazine rings is 1. The summed E-state index contributed by atoms with van der Waals surface area (Å²) in [6, 6.07) is 12.1. The molecule has 118 valence electrons. The third-order valence-electron chi connectivity index (χ3n) is 4.40. The first-order valence-corrected chi connectivity index (χ1v) is 8.30. The van der Waals surface area contributed by atoms with Crippen LogP contribution < -0.4 is 5.32 Å². The molecule has 0 spiro atoms. The summed E-state index contributed by atoms with van der Waals surface area (Å²) in [7, 11) is 1.78. The SMILES string of the molecule is COCCCCCN1CC(Cc2ccccc2)NCC1C. The van der Waals surface area contributed by atoms with Crippen LogP contribution in [0.4, 0.5) is 0 Å². The molecule has 0 aliphatic carbocycles. The first-order valence-electron chi connectivity index (χ1n) is 8.30. The fourth-order valence-corrected chi connectivity index (χ4v) is 3.08. The lowest BCUT2D eigenvalue weighted by molar-refractivity contribution is 0.135. The minimum absolute atomic E-state index is 0.586. The van der Waals surface area contributed by atoms with Gasteiger partial charge in [0.1, 0.15) is 0 Å². The molecule has 0 radical (unpaired) electrons. The molecule has 2 rings (SSSR count). The fourth-order valence-electron chi connectivity index (χ4n) is 3.08. The number of hydrogen-bond acceptors (Lipinski definition) is 3. The highest BCUT2D eigenvalue weighted by atomic mass is 16.5. The van der Waals surface area contributed by atoms with Crippen molar-refractivity contribution in [1.29, 1.82) is 0 Å². The molecule has 1 aromatic rings. The van der Waals surface area contributed by atoms with E-state index in [9.17, 15) is 0 Å². The van der Waals surface area contributed by atoms with Crippen molar-refractivity contribution >= 4 is 0 Å². The monoisotopic (exact) mass is 290 g/mol. The van der Waals surface area contributed by atoms with E-state index in [1.807, 2.05) is 0 Å². The van der Waals surface area contributed by atoms with Gasteiger partial charge in [0, 0.05) is 38.9 Å². The predicted octanol–water partition coefficient (Wildman–Crippen LogP) is 2.71. The van der Waals surface area contributed by atoms with Crippen molar-refractivity contribution in [2.24, 2.45) is 0 Å². The Morgan fingerprint density at radius 2 is 2.00 bits per heavy atom. The molecule has 1 saturated heterocycles. The Labute approximate surface area is 129 Å². The zero-order valence-corrected chi connectivity index (χ0v) is 13.6. The maximum absolute atomic E-state index is 5.11. The highest BCUT2D eigenvalue weighted by Crippen LogP contribution is 2.12. The minimum atomic E-state index is 0.586. The van der Waals surface area contributed by atoms with Gasteiger partial charge in [-0.2, -0.15) is 0 Å². The number of nitrogens with zero attached hydrogens (tertiary/aromatic N) is 1. The van der Waals surface area contributed by atoms with Gasteiger partial charge in [0.2, 0.25) is 0 Å². The quantitative estimate of drug-likeness (QED) is 0.745. The Balaban J connectivity index is 1.73. The summed E-state index contributed by atoms with van der Waals surface area (Å²) in [5, 5.41) is 3.70. The van der Waals surface area contributed by atoms with Crippen LogP contribution in [0, 0.1) is 0 Å². The van der Waals surface area contributed by atoms with Crippen LogP contribution in [0.3, 0.4) is 0 Å². The summed E-state index contributed by atoms with van der Waals surface area (Å²) < 4.78 is 5.11. The van der Waals surface area contributed by atoms with E-state index in [0.717, 1.165) is 19.6 Å². The van der Waals surface area contributed by atoms with Gasteiger partial charge >= 0.3 is 0 Å². The summed E-state index contributed by atoms with van der Waals surface area (Å²) >= 11 is 0. The van der Waals surface area contributed by atoms with Gasteiger partial charge < -0.3 is 10.1 Å². The second-order valence-electron chi connectivity index (χ2n) is 6.19. The zero-order valence-electron chi connectivity index (χ0n) is 13.6. The molecule has 1 fully saturated rings. The molecule has 1 aromatic carbocycles. The minimum Gasteiger partial charge on any atom is -0.385 e. The van der Waals surface area contributed by atoms with Crippen LogP contribution in [0.5, 0.6) is 0 Å². The average molecular weight is 290 g/mol. The van der Waals surface area contributed by atoms with E-state index in [1.54, 1.807) is 7.11 Å². The Morgan fingerprint density at radius 1 is 1.19 bits per heavy atom. The topological polar surface area (TPSA) is 24.5 Å². The summed E-state index contributed by atoms with van der Waals surface area (Å²) in [5.41, 5.74) is 1.43. The average Bonchev–Trinajstić information content (AvgIpc) is 2.51. The van der Waals surface area contributed by atoms with E-state index < -0.39 is 0 Å². The smallest absolute Gasteiger partial charge is 0.0462 e. The van der Waals surface area contributed by atoms with Gasteiger partial charge in [0.25, 0.3) is 0 Å². The molecule has 0 amide bonds. The molecule has 2 unspecified atom stereocenters. The fraction of sp³-hybridized carbons (Fsp3) is 0.667. The van der Waals surface area contributed by atoms with Gasteiger partial charge in [0.15, 0.2) is 0 Å². The van der Waals surface area contributed by atoms with Crippen molar-refractivity contribution < 1.29 is 4.74 Å². The number of rotatable bonds is 8. The molecule has 0 aromatic heterocycles. The maximum Gasteiger partial charge on any atom is 0.0462 e. The normalized spacial score (nSPS) is 23.3. The molecular weight excluding hydrogens is 260 g/mol. The van der Waals surface area contributed by atoms with Crippen LogP contribution in [-0.2, 0) is 11.2 Å². The van der Waals surface area contributed by atoms with Crippen LogP contribution in [0.25, 0.3) is 0 Å². The van der Waals surface area contributed by atoms with Crippen LogP contribution in [0.2, 0.25) is 0 Å². The third kappa shape index (κ3) is 5.77. The molecule has 1 N–H and O–H groups in total. The number of nitrogens with one attached hydrogen (secondary N) is 1. The van der Waals surface area contributed by atoms with Crippen LogP contribution in [0.15, 0.2) is 30.3 Å². The summed E-state index contributed by atoms with van der Waals surface area (Å²) in [5.74, 6) is 0. The van der Waals surface area contributed by atoms with Crippen molar-refractivity contribution in [3.8, 4) is 0 Å². The Hall–Kier alpha value is -0.900. The largest absolute Gasteiger partial charge is 0.385 e. The van der Waals surface area contributed by atoms with Crippen molar-refractivity contribution in [3.05, 3.63) is 35.9 Å². The molecule has 3 heteroatoms. The number of unbranched alkanes of at least 4 members (excludes halogenated alkanes) is 2.